The van der Waals surface area contributed by atoms with E-state index in [1.165, 1.54) is 4.31 Å². The highest BCUT2D eigenvalue weighted by Gasteiger charge is 2.25. The standard InChI is InChI=1S/C14H24N2O2S/c1-6-15-10-13-8-7-9-14(12(13)4)19(17,18)16(5)11(2)3/h7-9,11,15H,6,10H2,1-5H3. The minimum atomic E-state index is -3.41. The highest BCUT2D eigenvalue weighted by atomic mass is 32.2. The zero-order chi connectivity index (χ0) is 14.6. The molecule has 0 unspecified atom stereocenters. The number of rotatable bonds is 6. The maximum Gasteiger partial charge on any atom is 0.243 e. The van der Waals surface area contributed by atoms with Gasteiger partial charge < -0.3 is 5.32 Å². The third kappa shape index (κ3) is 3.55. The Labute approximate surface area is 116 Å². The number of hydrogen-bond acceptors (Lipinski definition) is 3. The maximum absolute atomic E-state index is 12.5. The van der Waals surface area contributed by atoms with Gasteiger partial charge in [0.2, 0.25) is 10.0 Å². The Morgan fingerprint density at radius 1 is 1.32 bits per heavy atom. The van der Waals surface area contributed by atoms with Crippen molar-refractivity contribution in [1.29, 1.82) is 0 Å². The van der Waals surface area contributed by atoms with Crippen molar-refractivity contribution in [1.82, 2.24) is 9.62 Å². The molecule has 0 aliphatic carbocycles. The van der Waals surface area contributed by atoms with Gasteiger partial charge in [-0.25, -0.2) is 8.42 Å². The number of nitrogens with zero attached hydrogens (tertiary/aromatic N) is 1. The van der Waals surface area contributed by atoms with Gasteiger partial charge in [0.05, 0.1) is 4.90 Å². The van der Waals surface area contributed by atoms with Gasteiger partial charge in [0.1, 0.15) is 0 Å². The van der Waals surface area contributed by atoms with Gasteiger partial charge in [0.15, 0.2) is 0 Å². The number of hydrogen-bond donors (Lipinski definition) is 1. The summed E-state index contributed by atoms with van der Waals surface area (Å²) in [5, 5.41) is 3.23. The Balaban J connectivity index is 3.21. The lowest BCUT2D eigenvalue weighted by atomic mass is 10.1. The van der Waals surface area contributed by atoms with Crippen molar-refractivity contribution >= 4 is 10.0 Å². The Hall–Kier alpha value is -0.910. The summed E-state index contributed by atoms with van der Waals surface area (Å²) in [6, 6.07) is 5.40. The minimum absolute atomic E-state index is 0.0539. The fourth-order valence-electron chi connectivity index (χ4n) is 1.82. The van der Waals surface area contributed by atoms with E-state index in [1.54, 1.807) is 19.2 Å². The third-order valence-corrected chi connectivity index (χ3v) is 5.52. The van der Waals surface area contributed by atoms with Gasteiger partial charge in [-0.1, -0.05) is 19.1 Å². The molecule has 0 saturated carbocycles. The number of benzene rings is 1. The summed E-state index contributed by atoms with van der Waals surface area (Å²) in [6.45, 7) is 9.19. The third-order valence-electron chi connectivity index (χ3n) is 3.35. The molecule has 0 atom stereocenters. The van der Waals surface area contributed by atoms with E-state index in [9.17, 15) is 8.42 Å². The van der Waals surface area contributed by atoms with Gasteiger partial charge in [-0.3, -0.25) is 0 Å². The van der Waals surface area contributed by atoms with Crippen molar-refractivity contribution in [2.45, 2.75) is 45.2 Å². The van der Waals surface area contributed by atoms with Crippen LogP contribution in [0.15, 0.2) is 23.1 Å². The van der Waals surface area contributed by atoms with Crippen molar-refractivity contribution in [2.24, 2.45) is 0 Å². The second-order valence-corrected chi connectivity index (χ2v) is 6.90. The van der Waals surface area contributed by atoms with Crippen LogP contribution in [0.4, 0.5) is 0 Å². The Morgan fingerprint density at radius 2 is 1.95 bits per heavy atom. The van der Waals surface area contributed by atoms with E-state index in [0.29, 0.717) is 11.4 Å². The minimum Gasteiger partial charge on any atom is -0.313 e. The van der Waals surface area contributed by atoms with Crippen LogP contribution in [-0.4, -0.2) is 32.4 Å². The molecule has 0 radical (unpaired) electrons. The van der Waals surface area contributed by atoms with Crippen LogP contribution in [0.25, 0.3) is 0 Å². The predicted octanol–water partition coefficient (Wildman–Crippen LogP) is 2.13. The molecule has 5 heteroatoms. The van der Waals surface area contributed by atoms with E-state index in [2.05, 4.69) is 5.32 Å². The average molecular weight is 284 g/mol. The molecule has 0 spiro atoms. The Kier molecular flexibility index (Phi) is 5.52. The zero-order valence-corrected chi connectivity index (χ0v) is 13.2. The molecule has 0 aliphatic heterocycles. The van der Waals surface area contributed by atoms with Crippen molar-refractivity contribution in [3.8, 4) is 0 Å². The van der Waals surface area contributed by atoms with Gasteiger partial charge in [0.25, 0.3) is 0 Å². The quantitative estimate of drug-likeness (QED) is 0.870. The molecule has 0 bridgehead atoms. The first-order valence-electron chi connectivity index (χ1n) is 6.59. The van der Waals surface area contributed by atoms with E-state index >= 15 is 0 Å². The zero-order valence-electron chi connectivity index (χ0n) is 12.4. The molecule has 0 saturated heterocycles. The molecule has 0 fully saturated rings. The van der Waals surface area contributed by atoms with E-state index in [0.717, 1.165) is 17.7 Å². The summed E-state index contributed by atoms with van der Waals surface area (Å²) in [5.74, 6) is 0. The molecule has 108 valence electrons. The maximum atomic E-state index is 12.5. The molecule has 0 aromatic heterocycles. The molecular weight excluding hydrogens is 260 g/mol. The molecule has 0 heterocycles. The fourth-order valence-corrected chi connectivity index (χ4v) is 3.46. The van der Waals surface area contributed by atoms with Crippen molar-refractivity contribution in [2.75, 3.05) is 13.6 Å². The average Bonchev–Trinajstić information content (AvgIpc) is 2.36. The normalized spacial score (nSPS) is 12.4. The molecule has 1 rings (SSSR count). The van der Waals surface area contributed by atoms with E-state index in [1.807, 2.05) is 33.8 Å². The summed E-state index contributed by atoms with van der Waals surface area (Å²) in [5.41, 5.74) is 1.86. The topological polar surface area (TPSA) is 49.4 Å². The van der Waals surface area contributed by atoms with Crippen LogP contribution in [0, 0.1) is 6.92 Å². The summed E-state index contributed by atoms with van der Waals surface area (Å²) < 4.78 is 26.5. The molecule has 4 nitrogen and oxygen atoms in total. The second-order valence-electron chi connectivity index (χ2n) is 4.94. The summed E-state index contributed by atoms with van der Waals surface area (Å²) in [4.78, 5) is 0.402. The molecule has 0 aliphatic rings. The van der Waals surface area contributed by atoms with Gasteiger partial charge in [-0.15, -0.1) is 0 Å². The van der Waals surface area contributed by atoms with Crippen LogP contribution in [0.1, 0.15) is 31.9 Å². The number of nitrogens with one attached hydrogen (secondary N) is 1. The van der Waals surface area contributed by atoms with Crippen molar-refractivity contribution in [3.63, 3.8) is 0 Å². The first-order chi connectivity index (χ1) is 8.82. The summed E-state index contributed by atoms with van der Waals surface area (Å²) >= 11 is 0. The van der Waals surface area contributed by atoms with Crippen LogP contribution >= 0.6 is 0 Å². The lowest BCUT2D eigenvalue weighted by Gasteiger charge is -2.22. The molecule has 1 N–H and O–H groups in total. The molecular formula is C14H24N2O2S. The number of sulfonamides is 1. The van der Waals surface area contributed by atoms with Crippen LogP contribution in [0.3, 0.4) is 0 Å². The molecule has 1 aromatic carbocycles. The predicted molar refractivity (Wildman–Crippen MR) is 78.6 cm³/mol. The van der Waals surface area contributed by atoms with Gasteiger partial charge in [-0.05, 0) is 44.5 Å². The lowest BCUT2D eigenvalue weighted by molar-refractivity contribution is 0.410. The van der Waals surface area contributed by atoms with Crippen LogP contribution in [0.2, 0.25) is 0 Å². The SMILES string of the molecule is CCNCc1cccc(S(=O)(=O)N(C)C(C)C)c1C. The summed E-state index contributed by atoms with van der Waals surface area (Å²) in [7, 11) is -1.79. The van der Waals surface area contributed by atoms with E-state index in [4.69, 9.17) is 0 Å². The van der Waals surface area contributed by atoms with E-state index < -0.39 is 10.0 Å². The molecule has 19 heavy (non-hydrogen) atoms. The Bertz CT molecular complexity index is 524. The highest BCUT2D eigenvalue weighted by Crippen LogP contribution is 2.23. The van der Waals surface area contributed by atoms with E-state index in [-0.39, 0.29) is 6.04 Å². The Morgan fingerprint density at radius 3 is 2.47 bits per heavy atom. The van der Waals surface area contributed by atoms with Crippen LogP contribution < -0.4 is 5.32 Å². The van der Waals surface area contributed by atoms with Gasteiger partial charge in [0, 0.05) is 19.6 Å². The largest absolute Gasteiger partial charge is 0.313 e. The molecule has 1 aromatic rings. The van der Waals surface area contributed by atoms with Crippen LogP contribution in [0.5, 0.6) is 0 Å². The fraction of sp³-hybridized carbons (Fsp3) is 0.571. The van der Waals surface area contributed by atoms with Gasteiger partial charge >= 0.3 is 0 Å². The van der Waals surface area contributed by atoms with Crippen LogP contribution in [-0.2, 0) is 16.6 Å². The van der Waals surface area contributed by atoms with Crippen molar-refractivity contribution < 1.29 is 8.42 Å². The second kappa shape index (κ2) is 6.50. The molecule has 0 amide bonds. The summed E-state index contributed by atoms with van der Waals surface area (Å²) in [6.07, 6.45) is 0. The smallest absolute Gasteiger partial charge is 0.243 e. The highest BCUT2D eigenvalue weighted by molar-refractivity contribution is 7.89. The van der Waals surface area contributed by atoms with Gasteiger partial charge in [-0.2, -0.15) is 4.31 Å². The first-order valence-corrected chi connectivity index (χ1v) is 8.03. The lowest BCUT2D eigenvalue weighted by Crippen LogP contribution is -2.33. The monoisotopic (exact) mass is 284 g/mol. The first kappa shape index (κ1) is 16.1. The van der Waals surface area contributed by atoms with Crippen molar-refractivity contribution in [3.05, 3.63) is 29.3 Å².